The van der Waals surface area contributed by atoms with Gasteiger partial charge in [-0.1, -0.05) is 65.9 Å². The smallest absolute Gasteiger partial charge is 0.0952 e. The Hall–Kier alpha value is -2.30. The fourth-order valence-corrected chi connectivity index (χ4v) is 2.67. The molecule has 0 atom stereocenters. The Morgan fingerprint density at radius 3 is 2.08 bits per heavy atom. The molecule has 0 saturated heterocycles. The quantitative estimate of drug-likeness (QED) is 0.670. The molecule has 0 heterocycles. The first-order chi connectivity index (χ1) is 11.5. The van der Waals surface area contributed by atoms with E-state index in [9.17, 15) is 0 Å². The molecule has 0 unspecified atom stereocenters. The first-order valence-corrected chi connectivity index (χ1v) is 8.42. The maximum Gasteiger partial charge on any atom is 0.0952 e. The molecule has 2 aromatic carbocycles. The molecule has 0 spiro atoms. The lowest BCUT2D eigenvalue weighted by atomic mass is 9.93. The molecule has 0 saturated carbocycles. The van der Waals surface area contributed by atoms with Crippen molar-refractivity contribution in [3.63, 3.8) is 0 Å². The first kappa shape index (κ1) is 18.0. The number of benzene rings is 2. The van der Waals surface area contributed by atoms with Gasteiger partial charge in [0.1, 0.15) is 0 Å². The Kier molecular flexibility index (Phi) is 6.41. The highest BCUT2D eigenvalue weighted by Crippen LogP contribution is 2.24. The Morgan fingerprint density at radius 1 is 0.917 bits per heavy atom. The van der Waals surface area contributed by atoms with Gasteiger partial charge in [-0.3, -0.25) is 0 Å². The summed E-state index contributed by atoms with van der Waals surface area (Å²) in [5, 5.41) is 0. The van der Waals surface area contributed by atoms with Crippen LogP contribution in [0.1, 0.15) is 38.8 Å². The number of ether oxygens (including phenoxy) is 1. The number of allylic oxidation sites excluding steroid dienone is 1. The van der Waals surface area contributed by atoms with Crippen LogP contribution in [0.4, 0.5) is 0 Å². The van der Waals surface area contributed by atoms with Crippen molar-refractivity contribution in [2.45, 2.75) is 39.7 Å². The van der Waals surface area contributed by atoms with Crippen LogP contribution < -0.4 is 0 Å². The van der Waals surface area contributed by atoms with Gasteiger partial charge in [-0.05, 0) is 51.8 Å². The molecule has 0 aliphatic carbocycles. The van der Waals surface area contributed by atoms with Gasteiger partial charge in [-0.15, -0.1) is 0 Å². The molecule has 1 heteroatoms. The normalized spacial score (nSPS) is 10.7. The highest BCUT2D eigenvalue weighted by molar-refractivity contribution is 5.45. The van der Waals surface area contributed by atoms with E-state index in [1.54, 1.807) is 0 Å². The van der Waals surface area contributed by atoms with Gasteiger partial charge in [-0.2, -0.15) is 0 Å². The van der Waals surface area contributed by atoms with Crippen molar-refractivity contribution < 1.29 is 4.74 Å². The lowest BCUT2D eigenvalue weighted by Gasteiger charge is -2.27. The fraction of sp³-hybridized carbons (Fsp3) is 0.304. The van der Waals surface area contributed by atoms with Crippen molar-refractivity contribution in [2.24, 2.45) is 0 Å². The third-order valence-corrected chi connectivity index (χ3v) is 3.90. The highest BCUT2D eigenvalue weighted by Gasteiger charge is 2.24. The van der Waals surface area contributed by atoms with Crippen LogP contribution >= 0.6 is 0 Å². The van der Waals surface area contributed by atoms with Gasteiger partial charge in [0.25, 0.3) is 0 Å². The molecule has 0 N–H and O–H groups in total. The minimum Gasteiger partial charge on any atom is -0.370 e. The summed E-state index contributed by atoms with van der Waals surface area (Å²) in [4.78, 5) is 0. The van der Waals surface area contributed by atoms with Crippen molar-refractivity contribution in [1.82, 2.24) is 0 Å². The summed E-state index contributed by atoms with van der Waals surface area (Å²) in [7, 11) is 0. The molecule has 0 aliphatic heterocycles. The maximum absolute atomic E-state index is 6.18. The predicted octanol–water partition coefficient (Wildman–Crippen LogP) is 5.41. The SMILES string of the molecule is CC(C)=C(C#Cc1ccccc1)C(C)(C)OCCc1ccccc1. The molecule has 0 bridgehead atoms. The van der Waals surface area contributed by atoms with Crippen LogP contribution in [0.3, 0.4) is 0 Å². The second-order valence-corrected chi connectivity index (χ2v) is 6.59. The molecule has 0 aromatic heterocycles. The Balaban J connectivity index is 2.06. The topological polar surface area (TPSA) is 9.23 Å². The van der Waals surface area contributed by atoms with Crippen LogP contribution in [-0.2, 0) is 11.2 Å². The minimum atomic E-state index is -0.393. The van der Waals surface area contributed by atoms with Crippen molar-refractivity contribution >= 4 is 0 Å². The zero-order valence-electron chi connectivity index (χ0n) is 15.1. The van der Waals surface area contributed by atoms with E-state index in [-0.39, 0.29) is 0 Å². The van der Waals surface area contributed by atoms with Gasteiger partial charge in [0.05, 0.1) is 12.2 Å². The highest BCUT2D eigenvalue weighted by atomic mass is 16.5. The maximum atomic E-state index is 6.18. The van der Waals surface area contributed by atoms with Gasteiger partial charge in [0, 0.05) is 11.1 Å². The van der Waals surface area contributed by atoms with E-state index in [0.29, 0.717) is 6.61 Å². The van der Waals surface area contributed by atoms with Gasteiger partial charge < -0.3 is 4.74 Å². The second-order valence-electron chi connectivity index (χ2n) is 6.59. The molecule has 2 aromatic rings. The van der Waals surface area contributed by atoms with E-state index in [1.807, 2.05) is 36.4 Å². The average Bonchev–Trinajstić information content (AvgIpc) is 2.56. The third-order valence-electron chi connectivity index (χ3n) is 3.90. The van der Waals surface area contributed by atoms with E-state index in [1.165, 1.54) is 11.1 Å². The van der Waals surface area contributed by atoms with Crippen LogP contribution in [0, 0.1) is 11.8 Å². The largest absolute Gasteiger partial charge is 0.370 e. The summed E-state index contributed by atoms with van der Waals surface area (Å²) < 4.78 is 6.18. The van der Waals surface area contributed by atoms with Crippen LogP contribution in [-0.4, -0.2) is 12.2 Å². The summed E-state index contributed by atoms with van der Waals surface area (Å²) in [6.45, 7) is 9.06. The van der Waals surface area contributed by atoms with Crippen LogP contribution in [0.5, 0.6) is 0 Å². The molecule has 0 radical (unpaired) electrons. The molecule has 2 rings (SSSR count). The van der Waals surface area contributed by atoms with Crippen LogP contribution in [0.2, 0.25) is 0 Å². The molecule has 24 heavy (non-hydrogen) atoms. The standard InChI is InChI=1S/C23H26O/c1-19(2)22(16-15-20-11-7-5-8-12-20)23(3,4)24-18-17-21-13-9-6-10-14-21/h5-14H,17-18H2,1-4H3. The molecule has 1 nitrogen and oxygen atoms in total. The number of hydrogen-bond acceptors (Lipinski definition) is 1. The van der Waals surface area contributed by atoms with E-state index in [4.69, 9.17) is 4.74 Å². The summed E-state index contributed by atoms with van der Waals surface area (Å²) >= 11 is 0. The van der Waals surface area contributed by atoms with E-state index < -0.39 is 5.60 Å². The van der Waals surface area contributed by atoms with Gasteiger partial charge in [0.2, 0.25) is 0 Å². The summed E-state index contributed by atoms with van der Waals surface area (Å²) in [6.07, 6.45) is 0.909. The lowest BCUT2D eigenvalue weighted by Crippen LogP contribution is -2.28. The molecule has 0 amide bonds. The van der Waals surface area contributed by atoms with Gasteiger partial charge in [-0.25, -0.2) is 0 Å². The average molecular weight is 318 g/mol. The second kappa shape index (κ2) is 8.52. The Morgan fingerprint density at radius 2 is 1.50 bits per heavy atom. The minimum absolute atomic E-state index is 0.393. The lowest BCUT2D eigenvalue weighted by molar-refractivity contribution is 0.0154. The van der Waals surface area contributed by atoms with Crippen LogP contribution in [0.25, 0.3) is 0 Å². The van der Waals surface area contributed by atoms with E-state index in [0.717, 1.165) is 17.6 Å². The van der Waals surface area contributed by atoms with Crippen LogP contribution in [0.15, 0.2) is 71.8 Å². The summed E-state index contributed by atoms with van der Waals surface area (Å²) in [5.74, 6) is 6.58. The van der Waals surface area contributed by atoms with Crippen molar-refractivity contribution in [1.29, 1.82) is 0 Å². The molecule has 0 fully saturated rings. The zero-order valence-corrected chi connectivity index (χ0v) is 15.1. The summed E-state index contributed by atoms with van der Waals surface area (Å²) in [5.41, 5.74) is 4.18. The molecule has 0 aliphatic rings. The predicted molar refractivity (Wildman–Crippen MR) is 102 cm³/mol. The van der Waals surface area contributed by atoms with Crippen molar-refractivity contribution in [3.8, 4) is 11.8 Å². The monoisotopic (exact) mass is 318 g/mol. The number of hydrogen-bond donors (Lipinski definition) is 0. The number of rotatable bonds is 5. The van der Waals surface area contributed by atoms with E-state index >= 15 is 0 Å². The fourth-order valence-electron chi connectivity index (χ4n) is 2.67. The molecular formula is C23H26O. The summed E-state index contributed by atoms with van der Waals surface area (Å²) in [6, 6.07) is 20.5. The Bertz CT molecular complexity index is 724. The molecule has 124 valence electrons. The molecular weight excluding hydrogens is 292 g/mol. The third kappa shape index (κ3) is 5.41. The van der Waals surface area contributed by atoms with Crippen molar-refractivity contribution in [3.05, 3.63) is 82.9 Å². The van der Waals surface area contributed by atoms with Crippen molar-refractivity contribution in [2.75, 3.05) is 6.61 Å². The first-order valence-electron chi connectivity index (χ1n) is 8.42. The van der Waals surface area contributed by atoms with Gasteiger partial charge in [0.15, 0.2) is 0 Å². The van der Waals surface area contributed by atoms with E-state index in [2.05, 4.69) is 63.8 Å². The van der Waals surface area contributed by atoms with Gasteiger partial charge >= 0.3 is 0 Å². The Labute approximate surface area is 146 Å². The zero-order chi connectivity index (χ0) is 17.4.